The van der Waals surface area contributed by atoms with E-state index in [4.69, 9.17) is 0 Å². The van der Waals surface area contributed by atoms with Crippen molar-refractivity contribution in [1.29, 1.82) is 0 Å². The van der Waals surface area contributed by atoms with E-state index < -0.39 is 4.92 Å². The molecule has 0 spiro atoms. The van der Waals surface area contributed by atoms with Crippen molar-refractivity contribution in [3.8, 4) is 5.69 Å². The fourth-order valence-electron chi connectivity index (χ4n) is 3.43. The van der Waals surface area contributed by atoms with Gasteiger partial charge < -0.3 is 9.80 Å². The van der Waals surface area contributed by atoms with E-state index in [9.17, 15) is 19.3 Å². The van der Waals surface area contributed by atoms with Gasteiger partial charge in [-0.3, -0.25) is 14.9 Å². The maximum atomic E-state index is 13.2. The molecule has 0 unspecified atom stereocenters. The third-order valence-corrected chi connectivity index (χ3v) is 4.99. The molecule has 0 radical (unpaired) electrons. The summed E-state index contributed by atoms with van der Waals surface area (Å²) >= 11 is 0. The molecule has 9 nitrogen and oxygen atoms in total. The van der Waals surface area contributed by atoms with Gasteiger partial charge in [0.15, 0.2) is 5.69 Å². The van der Waals surface area contributed by atoms with Crippen molar-refractivity contribution >= 4 is 17.3 Å². The average molecular weight is 410 g/mol. The van der Waals surface area contributed by atoms with Crippen LogP contribution in [-0.4, -0.2) is 56.9 Å². The van der Waals surface area contributed by atoms with Gasteiger partial charge in [-0.25, -0.2) is 9.07 Å². The van der Waals surface area contributed by atoms with Gasteiger partial charge in [0, 0.05) is 44.0 Å². The Morgan fingerprint density at radius 3 is 2.60 bits per heavy atom. The number of amides is 1. The Labute approximate surface area is 171 Å². The summed E-state index contributed by atoms with van der Waals surface area (Å²) in [4.78, 5) is 27.2. The van der Waals surface area contributed by atoms with E-state index in [1.807, 2.05) is 0 Å². The summed E-state index contributed by atoms with van der Waals surface area (Å²) in [5, 5.41) is 18.9. The molecule has 10 heteroatoms. The highest BCUT2D eigenvalue weighted by atomic mass is 19.1. The van der Waals surface area contributed by atoms with Crippen molar-refractivity contribution < 1.29 is 14.1 Å². The Morgan fingerprint density at radius 1 is 1.03 bits per heavy atom. The second-order valence-corrected chi connectivity index (χ2v) is 6.93. The number of anilines is 1. The van der Waals surface area contributed by atoms with Crippen LogP contribution in [0, 0.1) is 15.9 Å². The predicted octanol–water partition coefficient (Wildman–Crippen LogP) is 2.67. The minimum absolute atomic E-state index is 0.0655. The quantitative estimate of drug-likeness (QED) is 0.485. The molecule has 0 aliphatic carbocycles. The molecule has 1 fully saturated rings. The zero-order chi connectivity index (χ0) is 21.1. The average Bonchev–Trinajstić information content (AvgIpc) is 3.12. The van der Waals surface area contributed by atoms with E-state index in [0.29, 0.717) is 25.3 Å². The van der Waals surface area contributed by atoms with Crippen LogP contribution in [0.4, 0.5) is 15.8 Å². The molecule has 1 aliphatic rings. The highest BCUT2D eigenvalue weighted by Gasteiger charge is 2.23. The van der Waals surface area contributed by atoms with Gasteiger partial charge >= 0.3 is 0 Å². The maximum absolute atomic E-state index is 13.2. The lowest BCUT2D eigenvalue weighted by Gasteiger charge is -2.23. The number of nitro benzene ring substituents is 1. The maximum Gasteiger partial charge on any atom is 0.276 e. The van der Waals surface area contributed by atoms with Crippen molar-refractivity contribution in [2.24, 2.45) is 0 Å². The zero-order valence-electron chi connectivity index (χ0n) is 16.0. The van der Waals surface area contributed by atoms with E-state index in [1.165, 1.54) is 35.1 Å². The number of hydrogen-bond acceptors (Lipinski definition) is 6. The summed E-state index contributed by atoms with van der Waals surface area (Å²) in [7, 11) is 0. The van der Waals surface area contributed by atoms with Gasteiger partial charge in [0.25, 0.3) is 11.6 Å². The summed E-state index contributed by atoms with van der Waals surface area (Å²) in [6.45, 7) is 2.45. The third-order valence-electron chi connectivity index (χ3n) is 4.99. The van der Waals surface area contributed by atoms with Crippen LogP contribution < -0.4 is 4.90 Å². The minimum atomic E-state index is -0.489. The molecule has 3 aromatic rings. The molecule has 2 heterocycles. The monoisotopic (exact) mass is 410 g/mol. The van der Waals surface area contributed by atoms with Gasteiger partial charge in [-0.05, 0) is 36.8 Å². The fraction of sp³-hybridized carbons (Fsp3) is 0.250. The molecule has 1 saturated heterocycles. The number of carbonyl (C=O) groups excluding carboxylic acids is 1. The van der Waals surface area contributed by atoms with E-state index in [1.54, 1.807) is 29.2 Å². The number of hydrogen-bond donors (Lipinski definition) is 0. The Bertz CT molecular complexity index is 1070. The standard InChI is InChI=1S/C20H19FN6O3/c21-15-5-7-16(8-6-15)24-9-2-10-25(12-11-24)20(28)19-14-26(23-22-19)17-3-1-4-18(13-17)27(29)30/h1,3-8,13-14H,2,9-12H2. The van der Waals surface area contributed by atoms with Crippen LogP contribution in [0.2, 0.25) is 0 Å². The number of nitrogens with zero attached hydrogens (tertiary/aromatic N) is 6. The van der Waals surface area contributed by atoms with Crippen LogP contribution in [0.3, 0.4) is 0 Å². The lowest BCUT2D eigenvalue weighted by molar-refractivity contribution is -0.384. The van der Waals surface area contributed by atoms with Crippen molar-refractivity contribution in [1.82, 2.24) is 19.9 Å². The Kier molecular flexibility index (Phi) is 5.38. The molecule has 1 aliphatic heterocycles. The van der Waals surface area contributed by atoms with Gasteiger partial charge in [-0.1, -0.05) is 11.3 Å². The van der Waals surface area contributed by atoms with Crippen LogP contribution in [-0.2, 0) is 0 Å². The Hall–Kier alpha value is -3.82. The molecule has 0 saturated carbocycles. The van der Waals surface area contributed by atoms with Gasteiger partial charge in [0.2, 0.25) is 0 Å². The minimum Gasteiger partial charge on any atom is -0.370 e. The Morgan fingerprint density at radius 2 is 1.83 bits per heavy atom. The number of rotatable bonds is 4. The van der Waals surface area contributed by atoms with Gasteiger partial charge in [0.05, 0.1) is 16.8 Å². The molecule has 1 aromatic heterocycles. The number of benzene rings is 2. The first-order valence-electron chi connectivity index (χ1n) is 9.48. The summed E-state index contributed by atoms with van der Waals surface area (Å²) in [6, 6.07) is 12.3. The topological polar surface area (TPSA) is 97.4 Å². The van der Waals surface area contributed by atoms with Crippen molar-refractivity contribution in [3.05, 3.63) is 76.4 Å². The second kappa shape index (κ2) is 8.27. The van der Waals surface area contributed by atoms with Crippen LogP contribution in [0.15, 0.2) is 54.7 Å². The molecule has 154 valence electrons. The summed E-state index contributed by atoms with van der Waals surface area (Å²) in [5.74, 6) is -0.523. The predicted molar refractivity (Wildman–Crippen MR) is 107 cm³/mol. The summed E-state index contributed by atoms with van der Waals surface area (Å²) in [6.07, 6.45) is 2.24. The molecule has 0 N–H and O–H groups in total. The van der Waals surface area contributed by atoms with E-state index >= 15 is 0 Å². The molecule has 0 atom stereocenters. The van der Waals surface area contributed by atoms with Gasteiger partial charge in [-0.2, -0.15) is 0 Å². The summed E-state index contributed by atoms with van der Waals surface area (Å²) in [5.41, 5.74) is 1.48. The molecule has 1 amide bonds. The number of aromatic nitrogens is 3. The smallest absolute Gasteiger partial charge is 0.276 e. The number of non-ortho nitro benzene ring substituents is 1. The normalized spacial score (nSPS) is 14.4. The zero-order valence-corrected chi connectivity index (χ0v) is 16.0. The molecule has 30 heavy (non-hydrogen) atoms. The van der Waals surface area contributed by atoms with E-state index in [-0.39, 0.29) is 23.1 Å². The lowest BCUT2D eigenvalue weighted by Crippen LogP contribution is -2.35. The van der Waals surface area contributed by atoms with Gasteiger partial charge in [0.1, 0.15) is 5.82 Å². The molecule has 4 rings (SSSR count). The first kappa shape index (κ1) is 19.5. The van der Waals surface area contributed by atoms with Gasteiger partial charge in [-0.15, -0.1) is 5.10 Å². The molecule has 2 aromatic carbocycles. The SMILES string of the molecule is O=C(c1cn(-c2cccc([N+](=O)[O-])c2)nn1)N1CCCN(c2ccc(F)cc2)CC1. The van der Waals surface area contributed by atoms with Crippen LogP contribution in [0.5, 0.6) is 0 Å². The number of halogens is 1. The van der Waals surface area contributed by atoms with Crippen LogP contribution in [0.25, 0.3) is 5.69 Å². The van der Waals surface area contributed by atoms with Crippen LogP contribution in [0.1, 0.15) is 16.9 Å². The molecular weight excluding hydrogens is 391 g/mol. The first-order chi connectivity index (χ1) is 14.5. The van der Waals surface area contributed by atoms with Crippen molar-refractivity contribution in [2.45, 2.75) is 6.42 Å². The lowest BCUT2D eigenvalue weighted by atomic mass is 10.2. The highest BCUT2D eigenvalue weighted by molar-refractivity contribution is 5.92. The van der Waals surface area contributed by atoms with E-state index in [0.717, 1.165) is 18.7 Å². The van der Waals surface area contributed by atoms with Crippen LogP contribution >= 0.6 is 0 Å². The molecular formula is C20H19FN6O3. The second-order valence-electron chi connectivity index (χ2n) is 6.93. The Balaban J connectivity index is 1.45. The third kappa shape index (κ3) is 4.12. The largest absolute Gasteiger partial charge is 0.370 e. The number of carbonyl (C=O) groups is 1. The number of nitro groups is 1. The summed E-state index contributed by atoms with van der Waals surface area (Å²) < 4.78 is 14.5. The van der Waals surface area contributed by atoms with E-state index in [2.05, 4.69) is 15.2 Å². The fourth-order valence-corrected chi connectivity index (χ4v) is 3.43. The molecule has 0 bridgehead atoms. The highest BCUT2D eigenvalue weighted by Crippen LogP contribution is 2.19. The first-order valence-corrected chi connectivity index (χ1v) is 9.48. The van der Waals surface area contributed by atoms with Crippen molar-refractivity contribution in [2.75, 3.05) is 31.1 Å². The van der Waals surface area contributed by atoms with Crippen molar-refractivity contribution in [3.63, 3.8) is 0 Å².